The van der Waals surface area contributed by atoms with Crippen LogP contribution in [0.4, 0.5) is 0 Å². The zero-order chi connectivity index (χ0) is 20.4. The molecule has 2 aliphatic rings. The summed E-state index contributed by atoms with van der Waals surface area (Å²) in [5, 5.41) is 3.14. The van der Waals surface area contributed by atoms with Gasteiger partial charge in [0.25, 0.3) is 5.91 Å². The van der Waals surface area contributed by atoms with Gasteiger partial charge in [-0.05, 0) is 26.0 Å². The fourth-order valence-corrected chi connectivity index (χ4v) is 4.25. The number of likely N-dealkylation sites (N-methyl/N-ethyl adjacent to an activating group) is 1. The molecule has 0 saturated carbocycles. The Labute approximate surface area is 170 Å². The molecular weight excluding hydrogens is 372 g/mol. The molecule has 2 saturated heterocycles. The van der Waals surface area contributed by atoms with E-state index in [1.807, 2.05) is 19.0 Å². The quantitative estimate of drug-likeness (QED) is 0.795. The molecule has 4 heterocycles. The molecule has 2 amide bonds. The summed E-state index contributed by atoms with van der Waals surface area (Å²) in [5.41, 5.74) is 1.82. The Bertz CT molecular complexity index is 891. The van der Waals surface area contributed by atoms with Gasteiger partial charge >= 0.3 is 0 Å². The number of hydrogen-bond donors (Lipinski definition) is 1. The van der Waals surface area contributed by atoms with Gasteiger partial charge in [-0.3, -0.25) is 9.59 Å². The summed E-state index contributed by atoms with van der Waals surface area (Å²) in [6.45, 7) is 3.99. The molecule has 0 aliphatic carbocycles. The lowest BCUT2D eigenvalue weighted by molar-refractivity contribution is -0.140. The van der Waals surface area contributed by atoms with E-state index in [4.69, 9.17) is 4.74 Å². The minimum absolute atomic E-state index is 0.0121. The number of aromatic nitrogens is 3. The first-order valence-electron chi connectivity index (χ1n) is 10.1. The summed E-state index contributed by atoms with van der Waals surface area (Å²) in [6, 6.07) is 1.69. The number of nitrogens with one attached hydrogen (secondary N) is 1. The van der Waals surface area contributed by atoms with Crippen molar-refractivity contribution >= 4 is 23.0 Å². The summed E-state index contributed by atoms with van der Waals surface area (Å²) < 4.78 is 7.15. The molecule has 9 nitrogen and oxygen atoms in total. The third-order valence-electron chi connectivity index (χ3n) is 5.78. The van der Waals surface area contributed by atoms with Gasteiger partial charge in [0, 0.05) is 45.5 Å². The van der Waals surface area contributed by atoms with E-state index >= 15 is 0 Å². The van der Waals surface area contributed by atoms with Crippen LogP contribution in [0.1, 0.15) is 23.2 Å². The Morgan fingerprint density at radius 2 is 1.93 bits per heavy atom. The third kappa shape index (κ3) is 4.25. The van der Waals surface area contributed by atoms with Gasteiger partial charge in [0.1, 0.15) is 5.52 Å². The number of amides is 2. The van der Waals surface area contributed by atoms with Crippen molar-refractivity contribution in [2.75, 3.05) is 46.4 Å². The van der Waals surface area contributed by atoms with Crippen LogP contribution in [0.25, 0.3) is 11.2 Å². The maximum atomic E-state index is 12.9. The SMILES string of the molecule is CN1C[C@@H](NC(=O)c2ccnc3c2ncn3C)CC[C@@H](C(=O)N2CCOCC2)C1. The molecule has 2 aliphatic heterocycles. The van der Waals surface area contributed by atoms with E-state index in [1.165, 1.54) is 0 Å². The number of hydrogen-bond acceptors (Lipinski definition) is 6. The average molecular weight is 400 g/mol. The van der Waals surface area contributed by atoms with E-state index < -0.39 is 0 Å². The molecule has 2 atom stereocenters. The standard InChI is InChI=1S/C20H28N6O3/c1-24-11-14(20(28)26-7-9-29-10-8-26)3-4-15(12-24)23-19(27)16-5-6-21-18-17(16)22-13-25(18)2/h5-6,13-15H,3-4,7-12H2,1-2H3,(H,23,27)/t14-,15+/m1/s1. The van der Waals surface area contributed by atoms with Crippen molar-refractivity contribution < 1.29 is 14.3 Å². The zero-order valence-corrected chi connectivity index (χ0v) is 17.0. The molecule has 0 unspecified atom stereocenters. The van der Waals surface area contributed by atoms with Crippen molar-refractivity contribution in [1.29, 1.82) is 0 Å². The fraction of sp³-hybridized carbons (Fsp3) is 0.600. The maximum Gasteiger partial charge on any atom is 0.253 e. The highest BCUT2D eigenvalue weighted by atomic mass is 16.5. The number of aryl methyl sites for hydroxylation is 1. The number of fused-ring (bicyclic) bond motifs is 1. The first kappa shape index (κ1) is 19.8. The van der Waals surface area contributed by atoms with E-state index in [2.05, 4.69) is 20.2 Å². The smallest absolute Gasteiger partial charge is 0.253 e. The molecule has 0 spiro atoms. The maximum absolute atomic E-state index is 12.9. The van der Waals surface area contributed by atoms with Gasteiger partial charge in [0.05, 0.1) is 31.0 Å². The molecule has 0 aromatic carbocycles. The summed E-state index contributed by atoms with van der Waals surface area (Å²) in [4.78, 5) is 38.5. The molecule has 2 aromatic rings. The summed E-state index contributed by atoms with van der Waals surface area (Å²) in [7, 11) is 3.86. The second-order valence-corrected chi connectivity index (χ2v) is 7.99. The molecule has 0 bridgehead atoms. The molecule has 1 N–H and O–H groups in total. The first-order valence-corrected chi connectivity index (χ1v) is 10.1. The van der Waals surface area contributed by atoms with Gasteiger partial charge in [0.2, 0.25) is 5.91 Å². The molecule has 4 rings (SSSR count). The molecule has 0 radical (unpaired) electrons. The minimum atomic E-state index is -0.146. The van der Waals surface area contributed by atoms with Crippen molar-refractivity contribution in [2.45, 2.75) is 18.9 Å². The van der Waals surface area contributed by atoms with Crippen LogP contribution in [-0.4, -0.2) is 88.6 Å². The van der Waals surface area contributed by atoms with Crippen molar-refractivity contribution in [3.8, 4) is 0 Å². The zero-order valence-electron chi connectivity index (χ0n) is 17.0. The van der Waals surface area contributed by atoms with E-state index in [0.717, 1.165) is 19.4 Å². The number of ether oxygens (including phenoxy) is 1. The van der Waals surface area contributed by atoms with Crippen molar-refractivity contribution in [1.82, 2.24) is 29.7 Å². The highest BCUT2D eigenvalue weighted by Crippen LogP contribution is 2.20. The largest absolute Gasteiger partial charge is 0.378 e. The van der Waals surface area contributed by atoms with Crippen LogP contribution in [0.5, 0.6) is 0 Å². The lowest BCUT2D eigenvalue weighted by atomic mass is 10.00. The third-order valence-corrected chi connectivity index (χ3v) is 5.78. The highest BCUT2D eigenvalue weighted by Gasteiger charge is 2.31. The normalized spacial score (nSPS) is 23.7. The summed E-state index contributed by atoms with van der Waals surface area (Å²) in [5.74, 6) is 0.0207. The number of morpholine rings is 1. The van der Waals surface area contributed by atoms with Crippen LogP contribution in [0.2, 0.25) is 0 Å². The van der Waals surface area contributed by atoms with Gasteiger partial charge in [-0.25, -0.2) is 9.97 Å². The topological polar surface area (TPSA) is 92.6 Å². The Morgan fingerprint density at radius 1 is 1.14 bits per heavy atom. The van der Waals surface area contributed by atoms with Crippen molar-refractivity contribution in [3.63, 3.8) is 0 Å². The van der Waals surface area contributed by atoms with Crippen LogP contribution in [0.3, 0.4) is 0 Å². The van der Waals surface area contributed by atoms with E-state index in [0.29, 0.717) is 49.6 Å². The van der Waals surface area contributed by atoms with Crippen molar-refractivity contribution in [2.24, 2.45) is 13.0 Å². The van der Waals surface area contributed by atoms with Crippen molar-refractivity contribution in [3.05, 3.63) is 24.2 Å². The van der Waals surface area contributed by atoms with Crippen LogP contribution in [0.15, 0.2) is 18.6 Å². The molecule has 156 valence electrons. The minimum Gasteiger partial charge on any atom is -0.378 e. The predicted molar refractivity (Wildman–Crippen MR) is 107 cm³/mol. The monoisotopic (exact) mass is 400 g/mol. The van der Waals surface area contributed by atoms with E-state index in [-0.39, 0.29) is 23.8 Å². The van der Waals surface area contributed by atoms with Crippen LogP contribution >= 0.6 is 0 Å². The van der Waals surface area contributed by atoms with Gasteiger partial charge in [0.15, 0.2) is 5.65 Å². The Morgan fingerprint density at radius 3 is 2.72 bits per heavy atom. The van der Waals surface area contributed by atoms with Gasteiger partial charge in [-0.15, -0.1) is 0 Å². The second-order valence-electron chi connectivity index (χ2n) is 7.99. The number of nitrogens with zero attached hydrogens (tertiary/aromatic N) is 5. The number of likely N-dealkylation sites (tertiary alicyclic amines) is 1. The number of carbonyl (C=O) groups excluding carboxylic acids is 2. The molecule has 9 heteroatoms. The summed E-state index contributed by atoms with van der Waals surface area (Å²) >= 11 is 0. The van der Waals surface area contributed by atoms with Crippen LogP contribution in [0, 0.1) is 5.92 Å². The Balaban J connectivity index is 1.42. The number of imidazole rings is 1. The van der Waals surface area contributed by atoms with Gasteiger partial charge < -0.3 is 24.4 Å². The van der Waals surface area contributed by atoms with Crippen LogP contribution < -0.4 is 5.32 Å². The van der Waals surface area contributed by atoms with Crippen LogP contribution in [-0.2, 0) is 16.6 Å². The number of carbonyl (C=O) groups is 2. The highest BCUT2D eigenvalue weighted by molar-refractivity contribution is 6.04. The average Bonchev–Trinajstić information content (AvgIpc) is 3.01. The molecule has 2 fully saturated rings. The molecular formula is C20H28N6O3. The van der Waals surface area contributed by atoms with E-state index in [9.17, 15) is 9.59 Å². The first-order chi connectivity index (χ1) is 14.0. The Kier molecular flexibility index (Phi) is 5.77. The lowest BCUT2D eigenvalue weighted by Gasteiger charge is -2.31. The van der Waals surface area contributed by atoms with Gasteiger partial charge in [-0.2, -0.15) is 0 Å². The second kappa shape index (κ2) is 8.46. The Hall–Kier alpha value is -2.52. The number of pyridine rings is 1. The predicted octanol–water partition coefficient (Wildman–Crippen LogP) is 0.267. The summed E-state index contributed by atoms with van der Waals surface area (Å²) in [6.07, 6.45) is 4.83. The number of rotatable bonds is 3. The molecule has 2 aromatic heterocycles. The molecule has 29 heavy (non-hydrogen) atoms. The van der Waals surface area contributed by atoms with E-state index in [1.54, 1.807) is 23.2 Å². The lowest BCUT2D eigenvalue weighted by Crippen LogP contribution is -2.46. The van der Waals surface area contributed by atoms with Gasteiger partial charge in [-0.1, -0.05) is 0 Å². The fourth-order valence-electron chi connectivity index (χ4n) is 4.25.